The zero-order valence-corrected chi connectivity index (χ0v) is 16.1. The van der Waals surface area contributed by atoms with Gasteiger partial charge in [0.25, 0.3) is 5.91 Å². The number of rotatable bonds is 6. The molecule has 26 heavy (non-hydrogen) atoms. The summed E-state index contributed by atoms with van der Waals surface area (Å²) >= 11 is 1.24. The molecule has 1 N–H and O–H groups in total. The number of aryl methyl sites for hydroxylation is 1. The molecule has 0 radical (unpaired) electrons. The van der Waals surface area contributed by atoms with Gasteiger partial charge in [-0.2, -0.15) is 0 Å². The Balaban J connectivity index is 1.78. The first-order chi connectivity index (χ1) is 12.5. The van der Waals surface area contributed by atoms with Crippen LogP contribution in [0, 0.1) is 6.92 Å². The second-order valence-electron chi connectivity index (χ2n) is 6.10. The van der Waals surface area contributed by atoms with E-state index < -0.39 is 0 Å². The van der Waals surface area contributed by atoms with E-state index in [-0.39, 0.29) is 11.7 Å². The number of hydrogen-bond donors (Lipinski definition) is 1. The monoisotopic (exact) mass is 370 g/mol. The van der Waals surface area contributed by atoms with Crippen LogP contribution in [0.2, 0.25) is 0 Å². The highest BCUT2D eigenvalue weighted by atomic mass is 32.2. The first-order valence-corrected chi connectivity index (χ1v) is 9.21. The van der Waals surface area contributed by atoms with Gasteiger partial charge in [-0.15, -0.1) is 0 Å². The average Bonchev–Trinajstić information content (AvgIpc) is 3.04. The van der Waals surface area contributed by atoms with E-state index in [1.807, 2.05) is 69.2 Å². The number of nitrogens with one attached hydrogen (secondary N) is 1. The standard InChI is InChI=1S/C20H22N2O3S/c1-5-24-16-8-6-7-13(2)19(16)26-21-20(23)18-11-14-9-10-15(22(3)4)12-17(14)25-18/h6-12H,5H2,1-4H3,(H,21,23). The van der Waals surface area contributed by atoms with E-state index in [1.165, 1.54) is 11.9 Å². The Kier molecular flexibility index (Phi) is 5.42. The minimum Gasteiger partial charge on any atom is -0.493 e. The third kappa shape index (κ3) is 3.80. The minimum atomic E-state index is -0.275. The highest BCUT2D eigenvalue weighted by Gasteiger charge is 2.15. The van der Waals surface area contributed by atoms with Crippen molar-refractivity contribution in [2.24, 2.45) is 0 Å². The van der Waals surface area contributed by atoms with Gasteiger partial charge in [0.2, 0.25) is 0 Å². The number of carbonyl (C=O) groups excluding carboxylic acids is 1. The Morgan fingerprint density at radius 3 is 2.77 bits per heavy atom. The number of carbonyl (C=O) groups is 1. The van der Waals surface area contributed by atoms with E-state index in [2.05, 4.69) is 4.72 Å². The topological polar surface area (TPSA) is 54.7 Å². The maximum Gasteiger partial charge on any atom is 0.297 e. The third-order valence-corrected chi connectivity index (χ3v) is 4.98. The van der Waals surface area contributed by atoms with E-state index in [0.717, 1.165) is 27.3 Å². The number of ether oxygens (including phenoxy) is 1. The van der Waals surface area contributed by atoms with Crippen molar-refractivity contribution in [3.63, 3.8) is 0 Å². The Hall–Kier alpha value is -2.60. The molecule has 0 spiro atoms. The van der Waals surface area contributed by atoms with Gasteiger partial charge in [0.05, 0.1) is 11.5 Å². The largest absolute Gasteiger partial charge is 0.493 e. The van der Waals surface area contributed by atoms with E-state index in [1.54, 1.807) is 6.07 Å². The number of fused-ring (bicyclic) bond motifs is 1. The van der Waals surface area contributed by atoms with Crippen LogP contribution in [0.1, 0.15) is 23.0 Å². The molecule has 1 heterocycles. The van der Waals surface area contributed by atoms with Crippen molar-refractivity contribution in [2.45, 2.75) is 18.7 Å². The first kappa shape index (κ1) is 18.2. The van der Waals surface area contributed by atoms with Gasteiger partial charge in [0, 0.05) is 31.2 Å². The lowest BCUT2D eigenvalue weighted by Crippen LogP contribution is -2.15. The maximum absolute atomic E-state index is 12.5. The molecule has 0 aliphatic heterocycles. The molecule has 0 bridgehead atoms. The molecular weight excluding hydrogens is 348 g/mol. The van der Waals surface area contributed by atoms with E-state index >= 15 is 0 Å². The van der Waals surface area contributed by atoms with Crippen molar-refractivity contribution < 1.29 is 13.9 Å². The van der Waals surface area contributed by atoms with Crippen LogP contribution >= 0.6 is 11.9 Å². The Morgan fingerprint density at radius 2 is 2.04 bits per heavy atom. The van der Waals surface area contributed by atoms with Crippen LogP contribution in [0.25, 0.3) is 11.0 Å². The van der Waals surface area contributed by atoms with Crippen LogP contribution in [-0.2, 0) is 0 Å². The molecule has 0 fully saturated rings. The molecule has 3 rings (SSSR count). The van der Waals surface area contributed by atoms with Gasteiger partial charge in [-0.25, -0.2) is 0 Å². The van der Waals surface area contributed by atoms with Crippen LogP contribution in [0.15, 0.2) is 51.8 Å². The quantitative estimate of drug-likeness (QED) is 0.641. The minimum absolute atomic E-state index is 0.275. The van der Waals surface area contributed by atoms with Gasteiger partial charge in [0.1, 0.15) is 11.3 Å². The summed E-state index contributed by atoms with van der Waals surface area (Å²) in [6.07, 6.45) is 0. The summed E-state index contributed by atoms with van der Waals surface area (Å²) in [5, 5.41) is 0.900. The number of anilines is 1. The highest BCUT2D eigenvalue weighted by Crippen LogP contribution is 2.31. The van der Waals surface area contributed by atoms with E-state index in [4.69, 9.17) is 9.15 Å². The second-order valence-corrected chi connectivity index (χ2v) is 6.91. The smallest absolute Gasteiger partial charge is 0.297 e. The van der Waals surface area contributed by atoms with Crippen molar-refractivity contribution in [3.8, 4) is 5.75 Å². The summed E-state index contributed by atoms with van der Waals surface area (Å²) in [6.45, 7) is 4.50. The predicted molar refractivity (Wildman–Crippen MR) is 106 cm³/mol. The van der Waals surface area contributed by atoms with Gasteiger partial charge in [-0.1, -0.05) is 12.1 Å². The molecule has 0 aliphatic carbocycles. The van der Waals surface area contributed by atoms with Crippen molar-refractivity contribution >= 4 is 34.5 Å². The molecule has 5 nitrogen and oxygen atoms in total. The molecular formula is C20H22N2O3S. The summed E-state index contributed by atoms with van der Waals surface area (Å²) in [7, 11) is 3.93. The molecule has 2 aromatic carbocycles. The fourth-order valence-corrected chi connectivity index (χ4v) is 3.34. The number of amides is 1. The molecule has 1 aromatic heterocycles. The van der Waals surface area contributed by atoms with Crippen LogP contribution in [-0.4, -0.2) is 26.6 Å². The van der Waals surface area contributed by atoms with Crippen molar-refractivity contribution in [1.29, 1.82) is 0 Å². The average molecular weight is 370 g/mol. The molecule has 0 atom stereocenters. The summed E-state index contributed by atoms with van der Waals surface area (Å²) in [4.78, 5) is 15.4. The van der Waals surface area contributed by atoms with E-state index in [9.17, 15) is 4.79 Å². The molecule has 6 heteroatoms. The molecule has 3 aromatic rings. The fraction of sp³-hybridized carbons (Fsp3) is 0.250. The van der Waals surface area contributed by atoms with Gasteiger partial charge in [-0.3, -0.25) is 9.52 Å². The van der Waals surface area contributed by atoms with Crippen LogP contribution in [0.5, 0.6) is 5.75 Å². The molecule has 136 valence electrons. The van der Waals surface area contributed by atoms with Gasteiger partial charge in [0.15, 0.2) is 5.76 Å². The summed E-state index contributed by atoms with van der Waals surface area (Å²) in [6, 6.07) is 13.5. The zero-order valence-electron chi connectivity index (χ0n) is 15.3. The van der Waals surface area contributed by atoms with Crippen molar-refractivity contribution in [3.05, 3.63) is 53.8 Å². The lowest BCUT2D eigenvalue weighted by atomic mass is 10.2. The van der Waals surface area contributed by atoms with Crippen molar-refractivity contribution in [1.82, 2.24) is 4.72 Å². The van der Waals surface area contributed by atoms with Gasteiger partial charge < -0.3 is 14.1 Å². The van der Waals surface area contributed by atoms with Crippen LogP contribution in [0.3, 0.4) is 0 Å². The van der Waals surface area contributed by atoms with Crippen LogP contribution < -0.4 is 14.4 Å². The highest BCUT2D eigenvalue weighted by molar-refractivity contribution is 7.98. The lowest BCUT2D eigenvalue weighted by Gasteiger charge is -2.12. The molecule has 0 saturated carbocycles. The Labute approximate surface area is 157 Å². The normalized spacial score (nSPS) is 10.8. The number of benzene rings is 2. The van der Waals surface area contributed by atoms with Crippen molar-refractivity contribution in [2.75, 3.05) is 25.6 Å². The predicted octanol–water partition coefficient (Wildman–Crippen LogP) is 4.64. The zero-order chi connectivity index (χ0) is 18.7. The van der Waals surface area contributed by atoms with Crippen LogP contribution in [0.4, 0.5) is 5.69 Å². The molecule has 0 unspecified atom stereocenters. The lowest BCUT2D eigenvalue weighted by molar-refractivity contribution is 0.0959. The third-order valence-electron chi connectivity index (χ3n) is 3.97. The summed E-state index contributed by atoms with van der Waals surface area (Å²) in [5.74, 6) is 0.774. The van der Waals surface area contributed by atoms with Gasteiger partial charge >= 0.3 is 0 Å². The number of nitrogens with zero attached hydrogens (tertiary/aromatic N) is 1. The van der Waals surface area contributed by atoms with E-state index in [0.29, 0.717) is 12.2 Å². The summed E-state index contributed by atoms with van der Waals surface area (Å²) < 4.78 is 14.2. The van der Waals surface area contributed by atoms with Gasteiger partial charge in [-0.05, 0) is 55.6 Å². The molecule has 0 saturated heterocycles. The Morgan fingerprint density at radius 1 is 1.23 bits per heavy atom. The number of hydrogen-bond acceptors (Lipinski definition) is 5. The fourth-order valence-electron chi connectivity index (χ4n) is 2.58. The Bertz CT molecular complexity index is 934. The SMILES string of the molecule is CCOc1cccc(C)c1SNC(=O)c1cc2ccc(N(C)C)cc2o1. The molecule has 0 aliphatic rings. The maximum atomic E-state index is 12.5. The second kappa shape index (κ2) is 7.74. The first-order valence-electron chi connectivity index (χ1n) is 8.40. The number of furan rings is 1. The molecule has 1 amide bonds. The summed E-state index contributed by atoms with van der Waals surface area (Å²) in [5.41, 5.74) is 2.76.